The van der Waals surface area contributed by atoms with E-state index in [1.54, 1.807) is 6.92 Å². The van der Waals surface area contributed by atoms with Gasteiger partial charge in [0.25, 0.3) is 0 Å². The van der Waals surface area contributed by atoms with Crippen molar-refractivity contribution in [2.45, 2.75) is 17.0 Å². The predicted molar refractivity (Wildman–Crippen MR) is 69.0 cm³/mol. The maximum atomic E-state index is 13.3. The first-order valence-electron chi connectivity index (χ1n) is 5.46. The van der Waals surface area contributed by atoms with E-state index in [2.05, 4.69) is 9.97 Å². The third-order valence-corrected chi connectivity index (χ3v) is 3.18. The van der Waals surface area contributed by atoms with Crippen LogP contribution in [0.4, 0.5) is 4.39 Å². The van der Waals surface area contributed by atoms with Crippen molar-refractivity contribution in [3.8, 4) is 6.07 Å². The maximum absolute atomic E-state index is 13.3. The molecular weight excluding hydrogens is 281 g/mol. The van der Waals surface area contributed by atoms with E-state index in [1.807, 2.05) is 6.07 Å². The minimum absolute atomic E-state index is 0.223. The molecule has 2 rings (SSSR count). The third-order valence-electron chi connectivity index (χ3n) is 2.33. The number of rotatable bonds is 3. The minimum Gasteiger partial charge on any atom is -0.478 e. The SMILES string of the molecule is Cc1cc(C#N)nc(Sc2ccc(F)c(C(=O)O)c2)n1. The molecule has 1 aromatic heterocycles. The zero-order valence-corrected chi connectivity index (χ0v) is 11.1. The number of aryl methyl sites for hydroxylation is 1. The van der Waals surface area contributed by atoms with Gasteiger partial charge >= 0.3 is 5.97 Å². The Morgan fingerprint density at radius 3 is 2.80 bits per heavy atom. The summed E-state index contributed by atoms with van der Waals surface area (Å²) >= 11 is 1.07. The van der Waals surface area contributed by atoms with Crippen molar-refractivity contribution >= 4 is 17.7 Å². The highest BCUT2D eigenvalue weighted by molar-refractivity contribution is 7.99. The van der Waals surface area contributed by atoms with Crippen molar-refractivity contribution < 1.29 is 14.3 Å². The van der Waals surface area contributed by atoms with E-state index in [-0.39, 0.29) is 5.69 Å². The first kappa shape index (κ1) is 14.0. The van der Waals surface area contributed by atoms with E-state index in [9.17, 15) is 9.18 Å². The molecule has 1 heterocycles. The molecule has 0 aliphatic heterocycles. The molecule has 0 saturated heterocycles. The number of hydrogen-bond donors (Lipinski definition) is 1. The lowest BCUT2D eigenvalue weighted by Crippen LogP contribution is -2.00. The molecule has 1 aromatic carbocycles. The van der Waals surface area contributed by atoms with Crippen LogP contribution < -0.4 is 0 Å². The Morgan fingerprint density at radius 1 is 1.40 bits per heavy atom. The van der Waals surface area contributed by atoms with Gasteiger partial charge in [-0.1, -0.05) is 0 Å². The van der Waals surface area contributed by atoms with Gasteiger partial charge in [-0.25, -0.2) is 19.2 Å². The summed E-state index contributed by atoms with van der Waals surface area (Å²) in [6, 6.07) is 7.17. The van der Waals surface area contributed by atoms with Gasteiger partial charge in [-0.15, -0.1) is 0 Å². The van der Waals surface area contributed by atoms with Gasteiger partial charge < -0.3 is 5.11 Å². The standard InChI is InChI=1S/C13H8FN3O2S/c1-7-4-8(6-15)17-13(16-7)20-9-2-3-11(14)10(5-9)12(18)19/h2-5H,1H3,(H,18,19). The van der Waals surface area contributed by atoms with E-state index in [1.165, 1.54) is 18.2 Å². The largest absolute Gasteiger partial charge is 0.478 e. The van der Waals surface area contributed by atoms with Crippen LogP contribution in [-0.4, -0.2) is 21.0 Å². The molecule has 2 aromatic rings. The molecule has 0 bridgehead atoms. The maximum Gasteiger partial charge on any atom is 0.338 e. The van der Waals surface area contributed by atoms with Crippen molar-refractivity contribution in [3.63, 3.8) is 0 Å². The average Bonchev–Trinajstić information content (AvgIpc) is 2.40. The highest BCUT2D eigenvalue weighted by Crippen LogP contribution is 2.26. The Kier molecular flexibility index (Phi) is 3.96. The molecule has 5 nitrogen and oxygen atoms in total. The monoisotopic (exact) mass is 289 g/mol. The van der Waals surface area contributed by atoms with E-state index < -0.39 is 17.3 Å². The average molecular weight is 289 g/mol. The first-order chi connectivity index (χ1) is 9.49. The molecule has 7 heteroatoms. The highest BCUT2D eigenvalue weighted by atomic mass is 32.2. The molecule has 0 aliphatic carbocycles. The Labute approximate surface area is 118 Å². The molecule has 0 atom stereocenters. The smallest absolute Gasteiger partial charge is 0.338 e. The van der Waals surface area contributed by atoms with Gasteiger partial charge in [-0.05, 0) is 43.0 Å². The minimum atomic E-state index is -1.34. The summed E-state index contributed by atoms with van der Waals surface area (Å²) < 4.78 is 13.3. The van der Waals surface area contributed by atoms with Gasteiger partial charge in [0.15, 0.2) is 5.16 Å². The highest BCUT2D eigenvalue weighted by Gasteiger charge is 2.12. The zero-order valence-electron chi connectivity index (χ0n) is 10.3. The molecular formula is C13H8FN3O2S. The van der Waals surface area contributed by atoms with Gasteiger partial charge in [0.05, 0.1) is 5.56 Å². The van der Waals surface area contributed by atoms with E-state index in [0.717, 1.165) is 17.8 Å². The molecule has 1 N–H and O–H groups in total. The summed E-state index contributed by atoms with van der Waals surface area (Å²) in [4.78, 5) is 19.5. The van der Waals surface area contributed by atoms with Crippen LogP contribution in [0.1, 0.15) is 21.7 Å². The van der Waals surface area contributed by atoms with E-state index in [4.69, 9.17) is 10.4 Å². The van der Waals surface area contributed by atoms with Crippen LogP contribution in [0.25, 0.3) is 0 Å². The van der Waals surface area contributed by atoms with Gasteiger partial charge in [0.2, 0.25) is 0 Å². The first-order valence-corrected chi connectivity index (χ1v) is 6.27. The van der Waals surface area contributed by atoms with Crippen LogP contribution in [0, 0.1) is 24.1 Å². The van der Waals surface area contributed by atoms with Gasteiger partial charge in [-0.2, -0.15) is 5.26 Å². The van der Waals surface area contributed by atoms with Crippen LogP contribution in [0.2, 0.25) is 0 Å². The fourth-order valence-corrected chi connectivity index (χ4v) is 2.34. The number of nitriles is 1. The van der Waals surface area contributed by atoms with Crippen molar-refractivity contribution in [1.29, 1.82) is 5.26 Å². The lowest BCUT2D eigenvalue weighted by Gasteiger charge is -2.04. The summed E-state index contributed by atoms with van der Waals surface area (Å²) in [7, 11) is 0. The summed E-state index contributed by atoms with van der Waals surface area (Å²) in [6.45, 7) is 1.72. The van der Waals surface area contributed by atoms with Crippen LogP contribution in [0.15, 0.2) is 34.3 Å². The molecule has 0 unspecified atom stereocenters. The molecule has 0 amide bonds. The van der Waals surface area contributed by atoms with E-state index in [0.29, 0.717) is 15.7 Å². The molecule has 0 fully saturated rings. The van der Waals surface area contributed by atoms with Crippen molar-refractivity contribution in [2.24, 2.45) is 0 Å². The molecule has 0 spiro atoms. The molecule has 0 radical (unpaired) electrons. The van der Waals surface area contributed by atoms with E-state index >= 15 is 0 Å². The lowest BCUT2D eigenvalue weighted by molar-refractivity contribution is 0.0691. The Bertz CT molecular complexity index is 728. The quantitative estimate of drug-likeness (QED) is 0.874. The predicted octanol–water partition coefficient (Wildman–Crippen LogP) is 2.65. The number of halogens is 1. The van der Waals surface area contributed by atoms with Crippen molar-refractivity contribution in [2.75, 3.05) is 0 Å². The topological polar surface area (TPSA) is 86.9 Å². The summed E-state index contributed by atoms with van der Waals surface area (Å²) in [5.74, 6) is -2.14. The van der Waals surface area contributed by atoms with Crippen LogP contribution in [-0.2, 0) is 0 Å². The van der Waals surface area contributed by atoms with Crippen LogP contribution >= 0.6 is 11.8 Å². The van der Waals surface area contributed by atoms with Crippen molar-refractivity contribution in [3.05, 3.63) is 47.0 Å². The fourth-order valence-electron chi connectivity index (χ4n) is 1.48. The second kappa shape index (κ2) is 5.67. The molecule has 100 valence electrons. The van der Waals surface area contributed by atoms with Crippen LogP contribution in [0.3, 0.4) is 0 Å². The number of carbonyl (C=O) groups is 1. The number of carboxylic acid groups (broad SMARTS) is 1. The van der Waals surface area contributed by atoms with Crippen LogP contribution in [0.5, 0.6) is 0 Å². The van der Waals surface area contributed by atoms with Gasteiger partial charge in [0, 0.05) is 10.6 Å². The number of benzene rings is 1. The summed E-state index contributed by atoms with van der Waals surface area (Å²) in [6.07, 6.45) is 0. The molecule has 0 aliphatic rings. The van der Waals surface area contributed by atoms with Crippen molar-refractivity contribution in [1.82, 2.24) is 9.97 Å². The Morgan fingerprint density at radius 2 is 2.15 bits per heavy atom. The number of nitrogens with zero attached hydrogens (tertiary/aromatic N) is 3. The Balaban J connectivity index is 2.35. The Hall–Kier alpha value is -2.46. The second-order valence-corrected chi connectivity index (χ2v) is 4.88. The second-order valence-electron chi connectivity index (χ2n) is 3.84. The summed E-state index contributed by atoms with van der Waals surface area (Å²) in [5, 5.41) is 18.0. The normalized spacial score (nSPS) is 10.1. The number of aromatic nitrogens is 2. The van der Waals surface area contributed by atoms with Gasteiger partial charge in [-0.3, -0.25) is 0 Å². The molecule has 0 saturated carbocycles. The number of carboxylic acids is 1. The number of aromatic carboxylic acids is 1. The third kappa shape index (κ3) is 3.10. The molecule has 20 heavy (non-hydrogen) atoms. The fraction of sp³-hybridized carbons (Fsp3) is 0.0769. The lowest BCUT2D eigenvalue weighted by atomic mass is 10.2. The van der Waals surface area contributed by atoms with Gasteiger partial charge in [0.1, 0.15) is 17.6 Å². The number of hydrogen-bond acceptors (Lipinski definition) is 5. The summed E-state index contributed by atoms with van der Waals surface area (Å²) in [5.41, 5.74) is 0.434. The zero-order chi connectivity index (χ0) is 14.7.